The molecule has 1 aromatic heterocycles. The highest BCUT2D eigenvalue weighted by molar-refractivity contribution is 5.97. The molecule has 1 heterocycles. The van der Waals surface area contributed by atoms with Gasteiger partial charge < -0.3 is 31.0 Å². The molecule has 0 bridgehead atoms. The van der Waals surface area contributed by atoms with E-state index in [0.717, 1.165) is 11.1 Å². The van der Waals surface area contributed by atoms with Crippen LogP contribution < -0.4 is 21.7 Å². The Balaban J connectivity index is 1.53. The second-order valence-corrected chi connectivity index (χ2v) is 9.20. The molecule has 202 valence electrons. The lowest BCUT2D eigenvalue weighted by Crippen LogP contribution is -2.50. The van der Waals surface area contributed by atoms with Crippen LogP contribution in [-0.2, 0) is 38.6 Å². The van der Waals surface area contributed by atoms with Gasteiger partial charge in [-0.2, -0.15) is 0 Å². The zero-order valence-corrected chi connectivity index (χ0v) is 21.8. The smallest absolute Gasteiger partial charge is 0.250 e. The van der Waals surface area contributed by atoms with Gasteiger partial charge in [-0.25, -0.2) is 4.98 Å². The summed E-state index contributed by atoms with van der Waals surface area (Å²) in [4.78, 5) is 42.1. The van der Waals surface area contributed by atoms with Crippen LogP contribution in [0, 0.1) is 5.92 Å². The van der Waals surface area contributed by atoms with E-state index in [0.29, 0.717) is 19.6 Å². The Labute approximate surface area is 223 Å². The summed E-state index contributed by atoms with van der Waals surface area (Å²) in [6.07, 6.45) is 3.69. The number of nitrogens with one attached hydrogen (secondary N) is 3. The fourth-order valence-electron chi connectivity index (χ4n) is 3.50. The minimum Gasteiger partial charge on any atom is -0.378 e. The normalized spacial score (nSPS) is 13.2. The average Bonchev–Trinajstić information content (AvgIpc) is 3.35. The first-order chi connectivity index (χ1) is 18.3. The molecule has 3 unspecified atom stereocenters. The summed E-state index contributed by atoms with van der Waals surface area (Å²) in [7, 11) is 0. The van der Waals surface area contributed by atoms with E-state index in [1.807, 2.05) is 60.7 Å². The van der Waals surface area contributed by atoms with Crippen molar-refractivity contribution in [1.82, 2.24) is 20.2 Å². The molecule has 3 amide bonds. The fraction of sp³-hybridized carbons (Fsp3) is 0.357. The maximum absolute atomic E-state index is 13.0. The lowest BCUT2D eigenvalue weighted by molar-refractivity contribution is -0.130. The molecule has 0 fully saturated rings. The number of aromatic nitrogens is 2. The number of rotatable bonds is 14. The molecule has 3 aromatic rings. The number of ether oxygens (including phenoxy) is 1. The van der Waals surface area contributed by atoms with E-state index in [4.69, 9.17) is 10.5 Å². The average molecular weight is 521 g/mol. The summed E-state index contributed by atoms with van der Waals surface area (Å²) in [6, 6.07) is 18.1. The van der Waals surface area contributed by atoms with Gasteiger partial charge in [-0.3, -0.25) is 14.4 Å². The number of nitrogens with zero attached hydrogens (tertiary/aromatic N) is 2. The number of anilines is 1. The van der Waals surface area contributed by atoms with Crippen molar-refractivity contribution in [3.8, 4) is 0 Å². The molecule has 3 rings (SSSR count). The molecule has 0 radical (unpaired) electrons. The third-order valence-electron chi connectivity index (χ3n) is 6.04. The Hall–Kier alpha value is -4.02. The first kappa shape index (κ1) is 28.5. The maximum atomic E-state index is 13.0. The SMILES string of the molecule is CC(N)C(C)C(=O)NC(COCCc1ccccc1)C(=O)Nc1cn(CC(=O)NCc2ccccc2)cn1. The highest BCUT2D eigenvalue weighted by atomic mass is 16.5. The minimum atomic E-state index is -0.946. The molecule has 0 saturated heterocycles. The lowest BCUT2D eigenvalue weighted by atomic mass is 10.0. The Morgan fingerprint density at radius 3 is 2.29 bits per heavy atom. The van der Waals surface area contributed by atoms with E-state index in [-0.39, 0.29) is 36.8 Å². The molecule has 0 spiro atoms. The van der Waals surface area contributed by atoms with Gasteiger partial charge in [-0.1, -0.05) is 67.6 Å². The van der Waals surface area contributed by atoms with Crippen molar-refractivity contribution in [2.45, 2.75) is 45.4 Å². The van der Waals surface area contributed by atoms with E-state index >= 15 is 0 Å². The zero-order valence-electron chi connectivity index (χ0n) is 21.8. The molecule has 38 heavy (non-hydrogen) atoms. The second-order valence-electron chi connectivity index (χ2n) is 9.20. The summed E-state index contributed by atoms with van der Waals surface area (Å²) in [6.45, 7) is 4.28. The van der Waals surface area contributed by atoms with Gasteiger partial charge in [0.2, 0.25) is 11.8 Å². The van der Waals surface area contributed by atoms with Crippen LogP contribution in [0.5, 0.6) is 0 Å². The van der Waals surface area contributed by atoms with Gasteiger partial charge in [-0.15, -0.1) is 0 Å². The predicted molar refractivity (Wildman–Crippen MR) is 145 cm³/mol. The third-order valence-corrected chi connectivity index (χ3v) is 6.04. The van der Waals surface area contributed by atoms with Crippen LogP contribution in [0.1, 0.15) is 25.0 Å². The van der Waals surface area contributed by atoms with E-state index in [9.17, 15) is 14.4 Å². The van der Waals surface area contributed by atoms with Crippen LogP contribution in [0.25, 0.3) is 0 Å². The molecule has 2 aromatic carbocycles. The zero-order chi connectivity index (χ0) is 27.3. The molecule has 10 nitrogen and oxygen atoms in total. The quantitative estimate of drug-likeness (QED) is 0.239. The minimum absolute atomic E-state index is 0.0152. The number of carbonyl (C=O) groups excluding carboxylic acids is 3. The van der Waals surface area contributed by atoms with Crippen LogP contribution in [0.2, 0.25) is 0 Å². The van der Waals surface area contributed by atoms with Crippen LogP contribution in [0.15, 0.2) is 73.2 Å². The summed E-state index contributed by atoms with van der Waals surface area (Å²) in [5.41, 5.74) is 7.97. The number of imidazole rings is 1. The molecule has 0 aliphatic carbocycles. The maximum Gasteiger partial charge on any atom is 0.250 e. The van der Waals surface area contributed by atoms with Crippen molar-refractivity contribution < 1.29 is 19.1 Å². The highest BCUT2D eigenvalue weighted by Gasteiger charge is 2.26. The van der Waals surface area contributed by atoms with Gasteiger partial charge in [0.05, 0.1) is 19.5 Å². The van der Waals surface area contributed by atoms with Gasteiger partial charge in [0.25, 0.3) is 5.91 Å². The highest BCUT2D eigenvalue weighted by Crippen LogP contribution is 2.07. The molecule has 0 saturated carbocycles. The Bertz CT molecular complexity index is 1170. The van der Waals surface area contributed by atoms with Crippen molar-refractivity contribution in [2.75, 3.05) is 18.5 Å². The van der Waals surface area contributed by atoms with Gasteiger partial charge >= 0.3 is 0 Å². The molecule has 0 aliphatic heterocycles. The lowest BCUT2D eigenvalue weighted by Gasteiger charge is -2.22. The summed E-state index contributed by atoms with van der Waals surface area (Å²) >= 11 is 0. The van der Waals surface area contributed by atoms with Crippen LogP contribution in [0.3, 0.4) is 0 Å². The van der Waals surface area contributed by atoms with Crippen LogP contribution in [-0.4, -0.2) is 52.6 Å². The van der Waals surface area contributed by atoms with E-state index in [2.05, 4.69) is 20.9 Å². The van der Waals surface area contributed by atoms with Crippen LogP contribution in [0.4, 0.5) is 5.82 Å². The fourth-order valence-corrected chi connectivity index (χ4v) is 3.50. The van der Waals surface area contributed by atoms with Crippen molar-refractivity contribution in [1.29, 1.82) is 0 Å². The molecule has 0 aliphatic rings. The van der Waals surface area contributed by atoms with Gasteiger partial charge in [0, 0.05) is 24.7 Å². The predicted octanol–water partition coefficient (Wildman–Crippen LogP) is 1.87. The van der Waals surface area contributed by atoms with Gasteiger partial charge in [-0.05, 0) is 24.5 Å². The van der Waals surface area contributed by atoms with E-state index in [1.165, 1.54) is 6.33 Å². The van der Waals surface area contributed by atoms with Crippen molar-refractivity contribution in [3.63, 3.8) is 0 Å². The Kier molecular flexibility index (Phi) is 11.0. The van der Waals surface area contributed by atoms with Crippen molar-refractivity contribution >= 4 is 23.5 Å². The van der Waals surface area contributed by atoms with Crippen molar-refractivity contribution in [2.24, 2.45) is 11.7 Å². The van der Waals surface area contributed by atoms with E-state index in [1.54, 1.807) is 24.6 Å². The summed E-state index contributed by atoms with van der Waals surface area (Å²) in [5.74, 6) is -1.23. The molecular weight excluding hydrogens is 484 g/mol. The standard InChI is InChI=1S/C28H36N6O4/c1-20(21(2)29)27(36)32-24(18-38-14-13-22-9-5-3-6-10-22)28(37)33-25-16-34(19-31-25)17-26(35)30-15-23-11-7-4-8-12-23/h3-12,16,19-21,24H,13-15,17-18,29H2,1-2H3,(H,30,35)(H,32,36)(H,33,37). The first-order valence-electron chi connectivity index (χ1n) is 12.6. The Morgan fingerprint density at radius 1 is 0.974 bits per heavy atom. The van der Waals surface area contributed by atoms with Gasteiger partial charge in [0.1, 0.15) is 12.6 Å². The summed E-state index contributed by atoms with van der Waals surface area (Å²) < 4.78 is 7.30. The van der Waals surface area contributed by atoms with Gasteiger partial charge in [0.15, 0.2) is 5.82 Å². The number of hydrogen-bond donors (Lipinski definition) is 4. The molecule has 5 N–H and O–H groups in total. The number of amides is 3. The first-order valence-corrected chi connectivity index (χ1v) is 12.6. The monoisotopic (exact) mass is 520 g/mol. The largest absolute Gasteiger partial charge is 0.378 e. The van der Waals surface area contributed by atoms with E-state index < -0.39 is 17.9 Å². The molecular formula is C28H36N6O4. The molecule has 3 atom stereocenters. The Morgan fingerprint density at radius 2 is 1.63 bits per heavy atom. The third kappa shape index (κ3) is 9.45. The topological polar surface area (TPSA) is 140 Å². The second kappa shape index (κ2) is 14.7. The van der Waals surface area contributed by atoms with Crippen LogP contribution >= 0.6 is 0 Å². The summed E-state index contributed by atoms with van der Waals surface area (Å²) in [5, 5.41) is 8.28. The number of benzene rings is 2. The number of nitrogens with two attached hydrogens (primary N) is 1. The number of hydrogen-bond acceptors (Lipinski definition) is 6. The number of carbonyl (C=O) groups is 3. The molecule has 10 heteroatoms. The van der Waals surface area contributed by atoms with Crippen molar-refractivity contribution in [3.05, 3.63) is 84.3 Å².